The topological polar surface area (TPSA) is 56.2 Å². The van der Waals surface area contributed by atoms with Crippen molar-refractivity contribution in [3.63, 3.8) is 0 Å². The van der Waals surface area contributed by atoms with E-state index in [-0.39, 0.29) is 17.7 Å². The molecule has 1 aromatic carbocycles. The highest BCUT2D eigenvalue weighted by Crippen LogP contribution is 2.31. The van der Waals surface area contributed by atoms with Crippen LogP contribution in [-0.4, -0.2) is 5.78 Å². The number of hydrogen-bond acceptors (Lipinski definition) is 3. The van der Waals surface area contributed by atoms with Crippen LogP contribution in [0.5, 0.6) is 0 Å². The number of halogens is 3. The minimum Gasteiger partial charge on any atom is -0.472 e. The van der Waals surface area contributed by atoms with E-state index in [0.717, 1.165) is 18.2 Å². The lowest BCUT2D eigenvalue weighted by atomic mass is 10.0. The number of carbonyl (C=O) groups excluding carboxylic acids is 1. The molecule has 1 aromatic heterocycles. The van der Waals surface area contributed by atoms with Gasteiger partial charge in [-0.05, 0) is 29.8 Å². The maximum atomic E-state index is 12.6. The molecule has 0 bridgehead atoms. The molecule has 0 radical (unpaired) electrons. The van der Waals surface area contributed by atoms with Gasteiger partial charge < -0.3 is 10.2 Å². The quantitative estimate of drug-likeness (QED) is 0.687. The zero-order valence-electron chi connectivity index (χ0n) is 9.70. The minimum atomic E-state index is -4.50. The van der Waals surface area contributed by atoms with Crippen LogP contribution < -0.4 is 5.73 Å². The molecule has 0 amide bonds. The molecule has 19 heavy (non-hydrogen) atoms. The molecule has 2 N–H and O–H groups in total. The Balaban J connectivity index is 2.31. The van der Waals surface area contributed by atoms with Gasteiger partial charge in [0.2, 0.25) is 0 Å². The number of carbonyl (C=O) groups is 1. The van der Waals surface area contributed by atoms with Crippen molar-refractivity contribution in [2.45, 2.75) is 12.6 Å². The number of nitrogens with two attached hydrogens (primary N) is 1. The van der Waals surface area contributed by atoms with Gasteiger partial charge in [0.25, 0.3) is 0 Å². The molecule has 0 aliphatic carbocycles. The van der Waals surface area contributed by atoms with Crippen molar-refractivity contribution in [2.24, 2.45) is 0 Å². The SMILES string of the molecule is Nc1ccc(C(F)(F)F)cc1C(=O)Cc1ccoc1. The van der Waals surface area contributed by atoms with E-state index >= 15 is 0 Å². The molecule has 3 nitrogen and oxygen atoms in total. The molecule has 2 rings (SSSR count). The van der Waals surface area contributed by atoms with Crippen LogP contribution in [0, 0.1) is 0 Å². The van der Waals surface area contributed by atoms with Crippen molar-refractivity contribution in [3.05, 3.63) is 53.5 Å². The fourth-order valence-electron chi connectivity index (χ4n) is 1.65. The molecular formula is C13H10F3NO2. The fourth-order valence-corrected chi connectivity index (χ4v) is 1.65. The Morgan fingerprint density at radius 1 is 1.26 bits per heavy atom. The lowest BCUT2D eigenvalue weighted by Crippen LogP contribution is -2.11. The van der Waals surface area contributed by atoms with Crippen molar-refractivity contribution >= 4 is 11.5 Å². The van der Waals surface area contributed by atoms with E-state index in [1.54, 1.807) is 6.07 Å². The summed E-state index contributed by atoms with van der Waals surface area (Å²) in [6, 6.07) is 4.29. The number of Topliss-reactive ketones (excluding diaryl/α,β-unsaturated/α-hetero) is 1. The number of ketones is 1. The highest BCUT2D eigenvalue weighted by molar-refractivity contribution is 6.02. The number of furan rings is 1. The minimum absolute atomic E-state index is 0.0292. The van der Waals surface area contributed by atoms with Gasteiger partial charge in [-0.25, -0.2) is 0 Å². The van der Waals surface area contributed by atoms with Crippen LogP contribution in [0.1, 0.15) is 21.5 Å². The first kappa shape index (κ1) is 13.2. The summed E-state index contributed by atoms with van der Waals surface area (Å²) in [7, 11) is 0. The van der Waals surface area contributed by atoms with E-state index in [4.69, 9.17) is 10.2 Å². The van der Waals surface area contributed by atoms with E-state index in [9.17, 15) is 18.0 Å². The fraction of sp³-hybridized carbons (Fsp3) is 0.154. The first-order chi connectivity index (χ1) is 8.88. The molecule has 0 saturated carbocycles. The number of alkyl halides is 3. The van der Waals surface area contributed by atoms with Crippen LogP contribution in [0.3, 0.4) is 0 Å². The summed E-state index contributed by atoms with van der Waals surface area (Å²) < 4.78 is 42.5. The molecule has 0 aliphatic rings. The Bertz CT molecular complexity index is 588. The van der Waals surface area contributed by atoms with Crippen molar-refractivity contribution in [1.29, 1.82) is 0 Å². The molecule has 0 atom stereocenters. The summed E-state index contributed by atoms with van der Waals surface area (Å²) in [4.78, 5) is 11.9. The summed E-state index contributed by atoms with van der Waals surface area (Å²) >= 11 is 0. The van der Waals surface area contributed by atoms with Gasteiger partial charge in [-0.1, -0.05) is 0 Å². The third-order valence-corrected chi connectivity index (χ3v) is 2.63. The molecule has 100 valence electrons. The van der Waals surface area contributed by atoms with E-state index < -0.39 is 17.5 Å². The molecule has 6 heteroatoms. The predicted molar refractivity (Wildman–Crippen MR) is 62.6 cm³/mol. The van der Waals surface area contributed by atoms with E-state index in [1.165, 1.54) is 12.5 Å². The average Bonchev–Trinajstić information content (AvgIpc) is 2.80. The van der Waals surface area contributed by atoms with Gasteiger partial charge in [0.1, 0.15) is 0 Å². The number of hydrogen-bond donors (Lipinski definition) is 1. The number of nitrogen functional groups attached to an aromatic ring is 1. The average molecular weight is 269 g/mol. The van der Waals surface area contributed by atoms with Crippen LogP contribution in [0.15, 0.2) is 41.2 Å². The normalized spacial score (nSPS) is 11.5. The smallest absolute Gasteiger partial charge is 0.416 e. The highest BCUT2D eigenvalue weighted by Gasteiger charge is 2.31. The van der Waals surface area contributed by atoms with Crippen LogP contribution in [0.2, 0.25) is 0 Å². The summed E-state index contributed by atoms with van der Waals surface area (Å²) in [5.41, 5.74) is 5.15. The van der Waals surface area contributed by atoms with Crippen LogP contribution in [-0.2, 0) is 12.6 Å². The largest absolute Gasteiger partial charge is 0.472 e. The van der Waals surface area contributed by atoms with Gasteiger partial charge in [0, 0.05) is 17.7 Å². The maximum Gasteiger partial charge on any atom is 0.416 e. The van der Waals surface area contributed by atoms with Crippen molar-refractivity contribution < 1.29 is 22.4 Å². The summed E-state index contributed by atoms with van der Waals surface area (Å²) in [5, 5.41) is 0. The second kappa shape index (κ2) is 4.79. The zero-order chi connectivity index (χ0) is 14.0. The Morgan fingerprint density at radius 2 is 2.00 bits per heavy atom. The molecule has 0 unspecified atom stereocenters. The first-order valence-corrected chi connectivity index (χ1v) is 5.39. The van der Waals surface area contributed by atoms with Gasteiger partial charge in [-0.3, -0.25) is 4.79 Å². The number of rotatable bonds is 3. The van der Waals surface area contributed by atoms with E-state index in [0.29, 0.717) is 5.56 Å². The Morgan fingerprint density at radius 3 is 2.58 bits per heavy atom. The molecular weight excluding hydrogens is 259 g/mol. The highest BCUT2D eigenvalue weighted by atomic mass is 19.4. The van der Waals surface area contributed by atoms with Gasteiger partial charge in [0.05, 0.1) is 18.1 Å². The zero-order valence-corrected chi connectivity index (χ0v) is 9.70. The van der Waals surface area contributed by atoms with Crippen LogP contribution >= 0.6 is 0 Å². The molecule has 0 aliphatic heterocycles. The monoisotopic (exact) mass is 269 g/mol. The number of anilines is 1. The standard InChI is InChI=1S/C13H10F3NO2/c14-13(15,16)9-1-2-11(17)10(6-9)12(18)5-8-3-4-19-7-8/h1-4,6-7H,5,17H2. The second-order valence-corrected chi connectivity index (χ2v) is 4.03. The molecule has 2 aromatic rings. The third kappa shape index (κ3) is 2.96. The molecule has 1 heterocycles. The van der Waals surface area contributed by atoms with Crippen molar-refractivity contribution in [2.75, 3.05) is 5.73 Å². The van der Waals surface area contributed by atoms with Gasteiger partial charge >= 0.3 is 6.18 Å². The molecule has 0 saturated heterocycles. The number of benzene rings is 1. The van der Waals surface area contributed by atoms with E-state index in [2.05, 4.69) is 0 Å². The maximum absolute atomic E-state index is 12.6. The van der Waals surface area contributed by atoms with Gasteiger partial charge in [0.15, 0.2) is 5.78 Å². The van der Waals surface area contributed by atoms with E-state index in [1.807, 2.05) is 0 Å². The molecule has 0 spiro atoms. The van der Waals surface area contributed by atoms with Gasteiger partial charge in [-0.15, -0.1) is 0 Å². The third-order valence-electron chi connectivity index (χ3n) is 2.63. The summed E-state index contributed by atoms with van der Waals surface area (Å²) in [5.74, 6) is -0.481. The Kier molecular flexibility index (Phi) is 3.33. The summed E-state index contributed by atoms with van der Waals surface area (Å²) in [6.07, 6.45) is -1.81. The van der Waals surface area contributed by atoms with Crippen molar-refractivity contribution in [3.8, 4) is 0 Å². The lowest BCUT2D eigenvalue weighted by Gasteiger charge is -2.10. The van der Waals surface area contributed by atoms with Gasteiger partial charge in [-0.2, -0.15) is 13.2 Å². The predicted octanol–water partition coefficient (Wildman–Crippen LogP) is 3.31. The summed E-state index contributed by atoms with van der Waals surface area (Å²) in [6.45, 7) is 0. The van der Waals surface area contributed by atoms with Crippen LogP contribution in [0.25, 0.3) is 0 Å². The first-order valence-electron chi connectivity index (χ1n) is 5.39. The Hall–Kier alpha value is -2.24. The molecule has 0 fully saturated rings. The van der Waals surface area contributed by atoms with Crippen LogP contribution in [0.4, 0.5) is 18.9 Å². The lowest BCUT2D eigenvalue weighted by molar-refractivity contribution is -0.137. The van der Waals surface area contributed by atoms with Crippen molar-refractivity contribution in [1.82, 2.24) is 0 Å². The Labute approximate surface area is 106 Å². The second-order valence-electron chi connectivity index (χ2n) is 4.03.